The minimum atomic E-state index is 0.00532. The molecule has 0 aromatic heterocycles. The van der Waals surface area contributed by atoms with Gasteiger partial charge in [0.2, 0.25) is 0 Å². The standard InChI is InChI=1S/C12H6Cl4N2O/c13-8-6-9(11(15)12(16)10(8)14)18(19)17-7-4-2-1-3-5-7/h1-6H. The lowest BCUT2D eigenvalue weighted by Crippen LogP contribution is -1.93. The van der Waals surface area contributed by atoms with Gasteiger partial charge in [-0.3, -0.25) is 0 Å². The molecule has 0 unspecified atom stereocenters. The summed E-state index contributed by atoms with van der Waals surface area (Å²) in [7, 11) is 0. The van der Waals surface area contributed by atoms with Crippen LogP contribution in [0.4, 0.5) is 11.4 Å². The number of benzene rings is 2. The summed E-state index contributed by atoms with van der Waals surface area (Å²) in [6.07, 6.45) is 0. The van der Waals surface area contributed by atoms with E-state index in [0.29, 0.717) is 10.5 Å². The monoisotopic (exact) mass is 334 g/mol. The quantitative estimate of drug-likeness (QED) is 0.211. The maximum atomic E-state index is 12.0. The molecule has 0 amide bonds. The smallest absolute Gasteiger partial charge is 0.266 e. The Labute approximate surface area is 129 Å². The molecule has 2 aromatic carbocycles. The molecule has 7 heteroatoms. The topological polar surface area (TPSA) is 38.4 Å². The lowest BCUT2D eigenvalue weighted by Gasteiger charge is -2.06. The second kappa shape index (κ2) is 5.97. The fraction of sp³-hybridized carbons (Fsp3) is 0. The first-order valence-electron chi connectivity index (χ1n) is 5.07. The Morgan fingerprint density at radius 1 is 0.895 bits per heavy atom. The number of hydrogen-bond acceptors (Lipinski definition) is 2. The average Bonchev–Trinajstić information content (AvgIpc) is 2.41. The fourth-order valence-electron chi connectivity index (χ4n) is 1.35. The molecule has 0 saturated heterocycles. The zero-order valence-electron chi connectivity index (χ0n) is 9.28. The molecule has 2 aromatic rings. The largest absolute Gasteiger partial charge is 0.594 e. The molecular formula is C12H6Cl4N2O. The SMILES string of the molecule is [O-][N+](=Nc1ccccc1)c1cc(Cl)c(Cl)c(Cl)c1Cl. The summed E-state index contributed by atoms with van der Waals surface area (Å²) in [6.45, 7) is 0. The van der Waals surface area contributed by atoms with Gasteiger partial charge in [0.05, 0.1) is 15.1 Å². The van der Waals surface area contributed by atoms with Crippen molar-refractivity contribution < 1.29 is 4.86 Å². The molecule has 0 aliphatic rings. The van der Waals surface area contributed by atoms with Crippen molar-refractivity contribution in [3.63, 3.8) is 0 Å². The first-order valence-corrected chi connectivity index (χ1v) is 6.59. The fourth-order valence-corrected chi connectivity index (χ4v) is 2.22. The van der Waals surface area contributed by atoms with E-state index in [0.717, 1.165) is 0 Å². The van der Waals surface area contributed by atoms with Gasteiger partial charge in [-0.05, 0) is 17.0 Å². The van der Waals surface area contributed by atoms with Crippen LogP contribution in [0.5, 0.6) is 0 Å². The Balaban J connectivity index is 2.51. The number of hydrogen-bond donors (Lipinski definition) is 0. The molecule has 0 spiro atoms. The summed E-state index contributed by atoms with van der Waals surface area (Å²) in [5.74, 6) is 0. The zero-order chi connectivity index (χ0) is 14.0. The van der Waals surface area contributed by atoms with E-state index in [-0.39, 0.29) is 25.8 Å². The van der Waals surface area contributed by atoms with E-state index in [2.05, 4.69) is 5.11 Å². The van der Waals surface area contributed by atoms with Gasteiger partial charge in [0.25, 0.3) is 5.69 Å². The van der Waals surface area contributed by atoms with Crippen LogP contribution in [0, 0.1) is 5.21 Å². The van der Waals surface area contributed by atoms with Crippen molar-refractivity contribution in [1.82, 2.24) is 0 Å². The Bertz CT molecular complexity index is 644. The molecule has 0 aliphatic carbocycles. The number of halogens is 4. The highest BCUT2D eigenvalue weighted by Crippen LogP contribution is 2.42. The van der Waals surface area contributed by atoms with E-state index in [1.54, 1.807) is 24.3 Å². The molecule has 0 aliphatic heterocycles. The van der Waals surface area contributed by atoms with Crippen molar-refractivity contribution >= 4 is 57.8 Å². The van der Waals surface area contributed by atoms with Crippen LogP contribution < -0.4 is 0 Å². The summed E-state index contributed by atoms with van der Waals surface area (Å²) < 4.78 is 0. The highest BCUT2D eigenvalue weighted by atomic mass is 35.5. The molecule has 0 N–H and O–H groups in total. The zero-order valence-corrected chi connectivity index (χ0v) is 12.3. The lowest BCUT2D eigenvalue weighted by atomic mass is 10.3. The Hall–Kier alpha value is -1.000. The van der Waals surface area contributed by atoms with Gasteiger partial charge in [0, 0.05) is 11.2 Å². The van der Waals surface area contributed by atoms with Crippen molar-refractivity contribution in [3.8, 4) is 0 Å². The van der Waals surface area contributed by atoms with E-state index in [1.807, 2.05) is 6.07 Å². The van der Waals surface area contributed by atoms with Crippen LogP contribution in [0.15, 0.2) is 41.5 Å². The highest BCUT2D eigenvalue weighted by molar-refractivity contribution is 6.52. The molecule has 98 valence electrons. The maximum absolute atomic E-state index is 12.0. The van der Waals surface area contributed by atoms with Crippen LogP contribution in [-0.4, -0.2) is 4.86 Å². The molecule has 0 atom stereocenters. The minimum absolute atomic E-state index is 0.00532. The third kappa shape index (κ3) is 3.12. The number of nitrogens with zero attached hydrogens (tertiary/aromatic N) is 2. The first-order chi connectivity index (χ1) is 9.00. The molecule has 0 radical (unpaired) electrons. The molecule has 0 bridgehead atoms. The molecule has 0 heterocycles. The predicted octanol–water partition coefficient (Wildman–Crippen LogP) is 6.23. The van der Waals surface area contributed by atoms with E-state index in [1.165, 1.54) is 6.07 Å². The van der Waals surface area contributed by atoms with E-state index < -0.39 is 0 Å². The molecule has 3 nitrogen and oxygen atoms in total. The van der Waals surface area contributed by atoms with Gasteiger partial charge < -0.3 is 5.21 Å². The Morgan fingerprint density at radius 2 is 1.53 bits per heavy atom. The summed E-state index contributed by atoms with van der Waals surface area (Å²) in [5.41, 5.74) is 0.515. The molecule has 0 fully saturated rings. The van der Waals surface area contributed by atoms with Crippen molar-refractivity contribution in [2.24, 2.45) is 5.11 Å². The van der Waals surface area contributed by atoms with Gasteiger partial charge in [-0.2, -0.15) is 0 Å². The summed E-state index contributed by atoms with van der Waals surface area (Å²) in [5, 5.41) is 16.1. The van der Waals surface area contributed by atoms with Crippen molar-refractivity contribution in [3.05, 3.63) is 61.7 Å². The molecule has 19 heavy (non-hydrogen) atoms. The van der Waals surface area contributed by atoms with Gasteiger partial charge in [0.15, 0.2) is 0 Å². The molecule has 2 rings (SSSR count). The van der Waals surface area contributed by atoms with Crippen molar-refractivity contribution in [2.45, 2.75) is 0 Å². The number of azo groups is 1. The minimum Gasteiger partial charge on any atom is -0.594 e. The van der Waals surface area contributed by atoms with E-state index in [4.69, 9.17) is 46.4 Å². The third-order valence-corrected chi connectivity index (χ3v) is 3.99. The third-order valence-electron chi connectivity index (χ3n) is 2.25. The van der Waals surface area contributed by atoms with Crippen LogP contribution in [-0.2, 0) is 0 Å². The predicted molar refractivity (Wildman–Crippen MR) is 78.3 cm³/mol. The van der Waals surface area contributed by atoms with Gasteiger partial charge in [-0.25, -0.2) is 0 Å². The van der Waals surface area contributed by atoms with E-state index >= 15 is 0 Å². The van der Waals surface area contributed by atoms with Crippen molar-refractivity contribution in [2.75, 3.05) is 0 Å². The average molecular weight is 336 g/mol. The summed E-state index contributed by atoms with van der Waals surface area (Å²) in [6, 6.07) is 10.0. The normalized spacial score (nSPS) is 11.7. The summed E-state index contributed by atoms with van der Waals surface area (Å²) >= 11 is 23.5. The van der Waals surface area contributed by atoms with Crippen LogP contribution in [0.1, 0.15) is 0 Å². The van der Waals surface area contributed by atoms with Crippen LogP contribution in [0.25, 0.3) is 0 Å². The first kappa shape index (κ1) is 14.4. The second-order valence-electron chi connectivity index (χ2n) is 3.53. The van der Waals surface area contributed by atoms with Crippen LogP contribution in [0.3, 0.4) is 0 Å². The van der Waals surface area contributed by atoms with Crippen molar-refractivity contribution in [1.29, 1.82) is 0 Å². The highest BCUT2D eigenvalue weighted by Gasteiger charge is 2.19. The van der Waals surface area contributed by atoms with Gasteiger partial charge in [0.1, 0.15) is 10.7 Å². The van der Waals surface area contributed by atoms with E-state index in [9.17, 15) is 5.21 Å². The van der Waals surface area contributed by atoms with Crippen LogP contribution in [0.2, 0.25) is 20.1 Å². The van der Waals surface area contributed by atoms with Crippen LogP contribution >= 0.6 is 46.4 Å². The van der Waals surface area contributed by atoms with Gasteiger partial charge in [-0.15, -0.1) is 0 Å². The number of rotatable bonds is 2. The Morgan fingerprint density at radius 3 is 2.16 bits per heavy atom. The summed E-state index contributed by atoms with van der Waals surface area (Å²) in [4.78, 5) is 0.353. The second-order valence-corrected chi connectivity index (χ2v) is 5.07. The molecule has 0 saturated carbocycles. The van der Waals surface area contributed by atoms with Gasteiger partial charge >= 0.3 is 0 Å². The Kier molecular flexibility index (Phi) is 4.53. The lowest BCUT2D eigenvalue weighted by molar-refractivity contribution is -0.435. The maximum Gasteiger partial charge on any atom is 0.266 e. The van der Waals surface area contributed by atoms with Gasteiger partial charge in [-0.1, -0.05) is 64.6 Å². The molecular weight excluding hydrogens is 330 g/mol.